The Bertz CT molecular complexity index is 282. The summed E-state index contributed by atoms with van der Waals surface area (Å²) in [7, 11) is 0. The van der Waals surface area contributed by atoms with Gasteiger partial charge in [0.1, 0.15) is 0 Å². The third-order valence-corrected chi connectivity index (χ3v) is 4.16. The van der Waals surface area contributed by atoms with E-state index in [-0.39, 0.29) is 0 Å². The van der Waals surface area contributed by atoms with E-state index in [0.29, 0.717) is 4.46 Å². The molecule has 0 aromatic heterocycles. The molecule has 0 spiro atoms. The van der Waals surface area contributed by atoms with Gasteiger partial charge < -0.3 is 0 Å². The van der Waals surface area contributed by atoms with Crippen molar-refractivity contribution in [3.05, 3.63) is 29.8 Å². The number of hydrogen-bond acceptors (Lipinski definition) is 2. The van der Waals surface area contributed by atoms with E-state index in [4.69, 9.17) is 8.38 Å². The van der Waals surface area contributed by atoms with Gasteiger partial charge in [-0.15, -0.1) is 0 Å². The van der Waals surface area contributed by atoms with E-state index in [1.54, 1.807) is 0 Å². The first-order valence-corrected chi connectivity index (χ1v) is 8.34. The van der Waals surface area contributed by atoms with Crippen molar-refractivity contribution in [2.45, 2.75) is 45.4 Å². The zero-order chi connectivity index (χ0) is 11.8. The molecular weight excluding hydrogens is 267 g/mol. The first-order chi connectivity index (χ1) is 7.74. The van der Waals surface area contributed by atoms with Gasteiger partial charge >= 0.3 is 103 Å². The molecular formula is C13H21O2Se+. The average Bonchev–Trinajstić information content (AvgIpc) is 2.29. The summed E-state index contributed by atoms with van der Waals surface area (Å²) in [6, 6.07) is 7.70. The van der Waals surface area contributed by atoms with E-state index in [1.807, 2.05) is 24.3 Å². The van der Waals surface area contributed by atoms with Crippen molar-refractivity contribution in [3.8, 4) is 0 Å². The van der Waals surface area contributed by atoms with Gasteiger partial charge in [0.2, 0.25) is 0 Å². The van der Waals surface area contributed by atoms with Crippen molar-refractivity contribution < 1.29 is 8.38 Å². The quantitative estimate of drug-likeness (QED) is 0.594. The predicted molar refractivity (Wildman–Crippen MR) is 68.7 cm³/mol. The van der Waals surface area contributed by atoms with Crippen molar-refractivity contribution in [3.63, 3.8) is 0 Å². The Labute approximate surface area is 103 Å². The van der Waals surface area contributed by atoms with E-state index in [1.165, 1.54) is 37.7 Å². The number of benzene rings is 1. The topological polar surface area (TPSA) is 40.5 Å². The Morgan fingerprint density at radius 2 is 1.56 bits per heavy atom. The molecule has 0 amide bonds. The van der Waals surface area contributed by atoms with E-state index in [9.17, 15) is 0 Å². The van der Waals surface area contributed by atoms with Crippen LogP contribution in [0.5, 0.6) is 0 Å². The summed E-state index contributed by atoms with van der Waals surface area (Å²) in [6.45, 7) is 2.22. The van der Waals surface area contributed by atoms with E-state index in [2.05, 4.69) is 6.92 Å². The molecule has 0 saturated heterocycles. The van der Waals surface area contributed by atoms with Gasteiger partial charge in [0.25, 0.3) is 0 Å². The summed E-state index contributed by atoms with van der Waals surface area (Å²) < 4.78 is 18.8. The van der Waals surface area contributed by atoms with Gasteiger partial charge in [-0.2, -0.15) is 0 Å². The summed E-state index contributed by atoms with van der Waals surface area (Å²) in [5.41, 5.74) is 1.30. The molecule has 2 nitrogen and oxygen atoms in total. The SMILES string of the molecule is CCCCCCCc1ccc([Se+](O)O)cc1. The Hall–Kier alpha value is -0.341. The van der Waals surface area contributed by atoms with Crippen LogP contribution in [0.25, 0.3) is 0 Å². The molecule has 0 heterocycles. The molecule has 0 unspecified atom stereocenters. The van der Waals surface area contributed by atoms with Crippen LogP contribution in [0.2, 0.25) is 0 Å². The number of hydrogen-bond donors (Lipinski definition) is 2. The molecule has 1 aromatic carbocycles. The van der Waals surface area contributed by atoms with Crippen LogP contribution in [-0.4, -0.2) is 22.9 Å². The number of aryl methyl sites for hydroxylation is 1. The second kappa shape index (κ2) is 7.86. The Kier molecular flexibility index (Phi) is 6.74. The molecule has 0 fully saturated rings. The van der Waals surface area contributed by atoms with Crippen LogP contribution in [0.4, 0.5) is 0 Å². The molecule has 1 rings (SSSR count). The van der Waals surface area contributed by atoms with Crippen molar-refractivity contribution in [1.29, 1.82) is 0 Å². The number of rotatable bonds is 7. The fourth-order valence-corrected chi connectivity index (χ4v) is 2.51. The molecule has 90 valence electrons. The molecule has 1 aromatic rings. The van der Waals surface area contributed by atoms with E-state index < -0.39 is 14.6 Å². The zero-order valence-electron chi connectivity index (χ0n) is 9.85. The fourth-order valence-electron chi connectivity index (χ4n) is 1.71. The minimum absolute atomic E-state index is 0.690. The maximum absolute atomic E-state index is 9.07. The van der Waals surface area contributed by atoms with Gasteiger partial charge in [-0.1, -0.05) is 0 Å². The molecule has 3 heteroatoms. The van der Waals surface area contributed by atoms with E-state index >= 15 is 0 Å². The summed E-state index contributed by atoms with van der Waals surface area (Å²) in [5, 5.41) is 0. The van der Waals surface area contributed by atoms with Crippen LogP contribution in [0, 0.1) is 0 Å². The van der Waals surface area contributed by atoms with Gasteiger partial charge in [0.15, 0.2) is 0 Å². The zero-order valence-corrected chi connectivity index (χ0v) is 11.6. The van der Waals surface area contributed by atoms with Crippen molar-refractivity contribution in [2.24, 2.45) is 0 Å². The Balaban J connectivity index is 2.27. The van der Waals surface area contributed by atoms with E-state index in [0.717, 1.165) is 6.42 Å². The standard InChI is InChI=1S/C13H21O2Se/c1-2-3-4-5-6-7-12-8-10-13(11-9-12)16(14)15/h8-11,14-15H,2-7H2,1H3/q+1. The molecule has 16 heavy (non-hydrogen) atoms. The van der Waals surface area contributed by atoms with Crippen LogP contribution >= 0.6 is 0 Å². The molecule has 0 radical (unpaired) electrons. The molecule has 0 bridgehead atoms. The fraction of sp³-hybridized carbons (Fsp3) is 0.538. The predicted octanol–water partition coefficient (Wildman–Crippen LogP) is 1.88. The van der Waals surface area contributed by atoms with Crippen LogP contribution < -0.4 is 4.46 Å². The molecule has 0 atom stereocenters. The van der Waals surface area contributed by atoms with Gasteiger partial charge in [0.05, 0.1) is 0 Å². The Morgan fingerprint density at radius 3 is 2.12 bits per heavy atom. The third kappa shape index (κ3) is 5.13. The molecule has 0 saturated carbocycles. The van der Waals surface area contributed by atoms with Crippen molar-refractivity contribution in [2.75, 3.05) is 0 Å². The second-order valence-electron chi connectivity index (χ2n) is 4.07. The number of unbranched alkanes of at least 4 members (excludes halogenated alkanes) is 4. The van der Waals surface area contributed by atoms with Gasteiger partial charge in [0, 0.05) is 0 Å². The molecule has 2 N–H and O–H groups in total. The first kappa shape index (κ1) is 13.7. The van der Waals surface area contributed by atoms with Crippen molar-refractivity contribution >= 4 is 19.0 Å². The minimum atomic E-state index is -2.47. The second-order valence-corrected chi connectivity index (χ2v) is 6.17. The summed E-state index contributed by atoms with van der Waals surface area (Å²) in [5.74, 6) is 0. The van der Waals surface area contributed by atoms with Crippen LogP contribution in [-0.2, 0) is 6.42 Å². The maximum atomic E-state index is 9.07. The molecule has 0 aliphatic carbocycles. The summed E-state index contributed by atoms with van der Waals surface area (Å²) in [6.07, 6.45) is 7.58. The van der Waals surface area contributed by atoms with Gasteiger partial charge in [-0.05, 0) is 0 Å². The van der Waals surface area contributed by atoms with Crippen LogP contribution in [0.3, 0.4) is 0 Å². The van der Waals surface area contributed by atoms with Crippen molar-refractivity contribution in [1.82, 2.24) is 0 Å². The van der Waals surface area contributed by atoms with Gasteiger partial charge in [-0.25, -0.2) is 0 Å². The molecule has 0 aliphatic rings. The molecule has 0 aliphatic heterocycles. The van der Waals surface area contributed by atoms with Gasteiger partial charge in [-0.3, -0.25) is 0 Å². The van der Waals surface area contributed by atoms with Crippen LogP contribution in [0.1, 0.15) is 44.6 Å². The Morgan fingerprint density at radius 1 is 0.938 bits per heavy atom. The third-order valence-electron chi connectivity index (χ3n) is 2.70. The average molecular weight is 288 g/mol. The normalized spacial score (nSPS) is 11.0. The first-order valence-electron chi connectivity index (χ1n) is 5.95. The van der Waals surface area contributed by atoms with Crippen LogP contribution in [0.15, 0.2) is 24.3 Å². The summed E-state index contributed by atoms with van der Waals surface area (Å²) >= 11 is -2.47. The monoisotopic (exact) mass is 289 g/mol. The summed E-state index contributed by atoms with van der Waals surface area (Å²) in [4.78, 5) is 0.